The first-order valence-corrected chi connectivity index (χ1v) is 11.4. The van der Waals surface area contributed by atoms with E-state index in [1.54, 1.807) is 18.0 Å². The number of halogens is 1. The molecule has 1 amide bonds. The van der Waals surface area contributed by atoms with E-state index in [2.05, 4.69) is 16.0 Å². The van der Waals surface area contributed by atoms with Crippen molar-refractivity contribution >= 4 is 17.7 Å². The lowest BCUT2D eigenvalue weighted by molar-refractivity contribution is 0.0482. The minimum absolute atomic E-state index is 0.132. The molecule has 2 aliphatic rings. The minimum Gasteiger partial charge on any atom is -0.489 e. The van der Waals surface area contributed by atoms with Gasteiger partial charge in [0.15, 0.2) is 0 Å². The van der Waals surface area contributed by atoms with Crippen molar-refractivity contribution in [3.8, 4) is 11.6 Å². The zero-order chi connectivity index (χ0) is 21.8. The minimum atomic E-state index is -0.389. The molecule has 0 unspecified atom stereocenters. The van der Waals surface area contributed by atoms with Gasteiger partial charge in [0.25, 0.3) is 0 Å². The van der Waals surface area contributed by atoms with Crippen LogP contribution in [0.15, 0.2) is 36.4 Å². The number of aryl methyl sites for hydroxylation is 1. The van der Waals surface area contributed by atoms with Crippen LogP contribution in [-0.2, 0) is 6.54 Å². The Labute approximate surface area is 189 Å². The molecule has 0 bridgehead atoms. The smallest absolute Gasteiger partial charge is 0.416 e. The third-order valence-electron chi connectivity index (χ3n) is 6.02. The van der Waals surface area contributed by atoms with E-state index in [0.717, 1.165) is 54.5 Å². The second-order valence-electron chi connectivity index (χ2n) is 8.66. The highest BCUT2D eigenvalue weighted by molar-refractivity contribution is 6.32. The van der Waals surface area contributed by atoms with Crippen LogP contribution in [0, 0.1) is 12.8 Å². The standard InChI is InChI=1S/C24H30ClN3O3/c1-17-7-5-10-22(26-17)31-24(29)27(2)15-18-13-20(14-18)30-21-9-6-8-19(23(21)25)16-28-11-3-4-12-28/h5-10,18,20H,3-4,11-16H2,1-2H3. The van der Waals surface area contributed by atoms with Crippen LogP contribution < -0.4 is 9.47 Å². The van der Waals surface area contributed by atoms with Gasteiger partial charge in [-0.2, -0.15) is 0 Å². The summed E-state index contributed by atoms with van der Waals surface area (Å²) in [5.41, 5.74) is 1.94. The van der Waals surface area contributed by atoms with E-state index >= 15 is 0 Å². The Balaban J connectivity index is 1.23. The van der Waals surface area contributed by atoms with Gasteiger partial charge in [-0.25, -0.2) is 9.78 Å². The first kappa shape index (κ1) is 21.9. The summed E-state index contributed by atoms with van der Waals surface area (Å²) in [6.45, 7) is 5.66. The summed E-state index contributed by atoms with van der Waals surface area (Å²) in [5.74, 6) is 1.48. The highest BCUT2D eigenvalue weighted by Gasteiger charge is 2.33. The number of benzene rings is 1. The molecule has 0 N–H and O–H groups in total. The van der Waals surface area contributed by atoms with Crippen LogP contribution in [0.3, 0.4) is 0 Å². The molecule has 6 nitrogen and oxygen atoms in total. The summed E-state index contributed by atoms with van der Waals surface area (Å²) in [7, 11) is 1.75. The molecule has 1 aliphatic carbocycles. The maximum Gasteiger partial charge on any atom is 0.416 e. The molecule has 2 heterocycles. The number of carbonyl (C=O) groups excluding carboxylic acids is 1. The van der Waals surface area contributed by atoms with Crippen molar-refractivity contribution in [2.45, 2.75) is 45.3 Å². The van der Waals surface area contributed by atoms with Gasteiger partial charge in [0.05, 0.1) is 11.1 Å². The quantitative estimate of drug-likeness (QED) is 0.607. The molecule has 1 aromatic heterocycles. The van der Waals surface area contributed by atoms with Gasteiger partial charge in [-0.3, -0.25) is 4.90 Å². The van der Waals surface area contributed by atoms with Gasteiger partial charge in [0.2, 0.25) is 5.88 Å². The van der Waals surface area contributed by atoms with E-state index < -0.39 is 0 Å². The number of likely N-dealkylation sites (tertiary alicyclic amines) is 1. The van der Waals surface area contributed by atoms with Gasteiger partial charge in [-0.1, -0.05) is 29.8 Å². The Morgan fingerprint density at radius 2 is 1.94 bits per heavy atom. The van der Waals surface area contributed by atoms with E-state index in [0.29, 0.717) is 18.3 Å². The maximum absolute atomic E-state index is 12.3. The van der Waals surface area contributed by atoms with Crippen LogP contribution in [-0.4, -0.2) is 53.7 Å². The molecular formula is C24H30ClN3O3. The fourth-order valence-corrected chi connectivity index (χ4v) is 4.48. The zero-order valence-electron chi connectivity index (χ0n) is 18.2. The summed E-state index contributed by atoms with van der Waals surface area (Å²) in [5, 5.41) is 0.726. The number of amides is 1. The summed E-state index contributed by atoms with van der Waals surface area (Å²) in [6.07, 6.45) is 4.06. The van der Waals surface area contributed by atoms with E-state index in [1.807, 2.05) is 31.2 Å². The number of ether oxygens (including phenoxy) is 2. The third kappa shape index (κ3) is 5.69. The van der Waals surface area contributed by atoms with E-state index in [9.17, 15) is 4.79 Å². The number of nitrogens with zero attached hydrogens (tertiary/aromatic N) is 3. The van der Waals surface area contributed by atoms with Crippen LogP contribution in [0.5, 0.6) is 11.6 Å². The van der Waals surface area contributed by atoms with E-state index in [-0.39, 0.29) is 12.2 Å². The van der Waals surface area contributed by atoms with Crippen molar-refractivity contribution in [3.63, 3.8) is 0 Å². The van der Waals surface area contributed by atoms with Gasteiger partial charge in [-0.05, 0) is 69.3 Å². The van der Waals surface area contributed by atoms with Crippen molar-refractivity contribution < 1.29 is 14.3 Å². The average molecular weight is 444 g/mol. The number of aromatic nitrogens is 1. The predicted molar refractivity (Wildman–Crippen MR) is 121 cm³/mol. The SMILES string of the molecule is Cc1cccc(OC(=O)N(C)CC2CC(Oc3cccc(CN4CCCC4)c3Cl)C2)n1. The predicted octanol–water partition coefficient (Wildman–Crippen LogP) is 4.93. The largest absolute Gasteiger partial charge is 0.489 e. The van der Waals surface area contributed by atoms with Crippen molar-refractivity contribution in [2.75, 3.05) is 26.7 Å². The number of hydrogen-bond acceptors (Lipinski definition) is 5. The van der Waals surface area contributed by atoms with Crippen molar-refractivity contribution in [3.05, 3.63) is 52.7 Å². The second kappa shape index (κ2) is 9.88. The molecule has 2 aromatic rings. The maximum atomic E-state index is 12.3. The van der Waals surface area contributed by atoms with E-state index in [1.165, 1.54) is 12.8 Å². The molecule has 7 heteroatoms. The van der Waals surface area contributed by atoms with Crippen LogP contribution in [0.4, 0.5) is 4.79 Å². The molecule has 31 heavy (non-hydrogen) atoms. The molecular weight excluding hydrogens is 414 g/mol. The van der Waals surface area contributed by atoms with Crippen LogP contribution in [0.1, 0.15) is 36.9 Å². The number of carbonyl (C=O) groups is 1. The third-order valence-corrected chi connectivity index (χ3v) is 6.45. The van der Waals surface area contributed by atoms with Crippen LogP contribution in [0.25, 0.3) is 0 Å². The van der Waals surface area contributed by atoms with Gasteiger partial charge in [0.1, 0.15) is 5.75 Å². The number of pyridine rings is 1. The van der Waals surface area contributed by atoms with Crippen molar-refractivity contribution in [2.24, 2.45) is 5.92 Å². The molecule has 0 radical (unpaired) electrons. The Morgan fingerprint density at radius 1 is 1.19 bits per heavy atom. The first-order valence-electron chi connectivity index (χ1n) is 11.0. The van der Waals surface area contributed by atoms with Gasteiger partial charge in [-0.15, -0.1) is 0 Å². The number of hydrogen-bond donors (Lipinski definition) is 0. The Bertz CT molecular complexity index is 911. The van der Waals surface area contributed by atoms with Crippen LogP contribution in [0.2, 0.25) is 5.02 Å². The number of rotatable bonds is 7. The monoisotopic (exact) mass is 443 g/mol. The molecule has 0 atom stereocenters. The normalized spacial score (nSPS) is 20.9. The second-order valence-corrected chi connectivity index (χ2v) is 9.03. The molecule has 1 saturated carbocycles. The average Bonchev–Trinajstić information content (AvgIpc) is 3.22. The van der Waals surface area contributed by atoms with Gasteiger partial charge in [0, 0.05) is 31.9 Å². The van der Waals surface area contributed by atoms with E-state index in [4.69, 9.17) is 21.1 Å². The molecule has 1 aliphatic heterocycles. The summed E-state index contributed by atoms with van der Waals surface area (Å²) in [4.78, 5) is 20.6. The lowest BCUT2D eigenvalue weighted by Gasteiger charge is -2.37. The lowest BCUT2D eigenvalue weighted by atomic mass is 9.82. The van der Waals surface area contributed by atoms with Crippen LogP contribution >= 0.6 is 11.6 Å². The summed E-state index contributed by atoms with van der Waals surface area (Å²) < 4.78 is 11.5. The summed E-state index contributed by atoms with van der Waals surface area (Å²) >= 11 is 6.64. The highest BCUT2D eigenvalue weighted by atomic mass is 35.5. The molecule has 4 rings (SSSR count). The summed E-state index contributed by atoms with van der Waals surface area (Å²) in [6, 6.07) is 11.4. The Morgan fingerprint density at radius 3 is 2.68 bits per heavy atom. The Hall–Kier alpha value is -2.31. The first-order chi connectivity index (χ1) is 15.0. The Kier molecular flexibility index (Phi) is 6.98. The molecule has 1 saturated heterocycles. The lowest BCUT2D eigenvalue weighted by Crippen LogP contribution is -2.42. The molecule has 2 fully saturated rings. The molecule has 166 valence electrons. The molecule has 1 aromatic carbocycles. The van der Waals surface area contributed by atoms with Crippen molar-refractivity contribution in [1.82, 2.24) is 14.8 Å². The van der Waals surface area contributed by atoms with Crippen molar-refractivity contribution in [1.29, 1.82) is 0 Å². The molecule has 0 spiro atoms. The van der Waals surface area contributed by atoms with Gasteiger partial charge >= 0.3 is 6.09 Å². The topological polar surface area (TPSA) is 54.9 Å². The zero-order valence-corrected chi connectivity index (χ0v) is 19.0. The highest BCUT2D eigenvalue weighted by Crippen LogP contribution is 2.36. The van der Waals surface area contributed by atoms with Gasteiger partial charge < -0.3 is 14.4 Å². The fourth-order valence-electron chi connectivity index (χ4n) is 4.25. The fraction of sp³-hybridized carbons (Fsp3) is 0.500.